The largest absolute Gasteiger partial charge is 0.462 e. The third kappa shape index (κ3) is 30.6. The molecule has 0 saturated carbocycles. The van der Waals surface area contributed by atoms with E-state index in [2.05, 4.69) is 74.6 Å². The van der Waals surface area contributed by atoms with Crippen LogP contribution < -0.4 is 0 Å². The monoisotopic (exact) mass is 586 g/mol. The molecule has 42 heavy (non-hydrogen) atoms. The number of hydrogen-bond donors (Lipinski definition) is 1. The van der Waals surface area contributed by atoms with E-state index in [1.165, 1.54) is 38.5 Å². The molecule has 0 rings (SSSR count). The Kier molecular flexibility index (Phi) is 31.2. The summed E-state index contributed by atoms with van der Waals surface area (Å²) in [6.45, 7) is 3.95. The summed E-state index contributed by atoms with van der Waals surface area (Å²) in [4.78, 5) is 24.0. The predicted octanol–water partition coefficient (Wildman–Crippen LogP) is 10.1. The zero-order valence-corrected chi connectivity index (χ0v) is 27.0. The molecule has 1 N–H and O–H groups in total. The Morgan fingerprint density at radius 2 is 1.02 bits per heavy atom. The molecule has 0 aromatic heterocycles. The van der Waals surface area contributed by atoms with E-state index in [9.17, 15) is 14.7 Å². The van der Waals surface area contributed by atoms with Crippen molar-refractivity contribution in [2.75, 3.05) is 13.2 Å². The number of hydrogen-bond acceptors (Lipinski definition) is 5. The third-order valence-electron chi connectivity index (χ3n) is 6.83. The van der Waals surface area contributed by atoms with Gasteiger partial charge in [0, 0.05) is 12.8 Å². The molecule has 5 nitrogen and oxygen atoms in total. The van der Waals surface area contributed by atoms with Gasteiger partial charge in [0.25, 0.3) is 0 Å². The molecular formula is C37H62O5. The van der Waals surface area contributed by atoms with Gasteiger partial charge in [-0.25, -0.2) is 0 Å². The Labute approximate surface area is 258 Å². The molecule has 0 fully saturated rings. The van der Waals surface area contributed by atoms with Crippen molar-refractivity contribution in [3.8, 4) is 0 Å². The summed E-state index contributed by atoms with van der Waals surface area (Å²) < 4.78 is 10.5. The minimum atomic E-state index is -0.786. The van der Waals surface area contributed by atoms with E-state index in [0.717, 1.165) is 77.0 Å². The van der Waals surface area contributed by atoms with Crippen LogP contribution in [0.3, 0.4) is 0 Å². The van der Waals surface area contributed by atoms with Gasteiger partial charge in [-0.2, -0.15) is 0 Å². The Bertz CT molecular complexity index is 762. The molecule has 5 heteroatoms. The Balaban J connectivity index is 3.69. The van der Waals surface area contributed by atoms with Gasteiger partial charge >= 0.3 is 11.9 Å². The summed E-state index contributed by atoms with van der Waals surface area (Å²) in [5.41, 5.74) is 0. The molecule has 0 unspecified atom stereocenters. The van der Waals surface area contributed by atoms with E-state index < -0.39 is 6.10 Å². The number of allylic oxidation sites excluding steroid dienone is 10. The fourth-order valence-electron chi connectivity index (χ4n) is 4.28. The first-order chi connectivity index (χ1) is 20.6. The maximum atomic E-state index is 12.1. The second kappa shape index (κ2) is 33.1. The van der Waals surface area contributed by atoms with E-state index in [1.54, 1.807) is 0 Å². The second-order valence-electron chi connectivity index (χ2n) is 10.9. The van der Waals surface area contributed by atoms with Gasteiger partial charge in [0.15, 0.2) is 6.10 Å². The topological polar surface area (TPSA) is 72.8 Å². The molecule has 240 valence electrons. The van der Waals surface area contributed by atoms with Gasteiger partial charge in [-0.1, -0.05) is 132 Å². The smallest absolute Gasteiger partial charge is 0.306 e. The van der Waals surface area contributed by atoms with E-state index >= 15 is 0 Å². The molecule has 0 aliphatic heterocycles. The molecule has 0 amide bonds. The van der Waals surface area contributed by atoms with Crippen LogP contribution in [0.25, 0.3) is 0 Å². The highest BCUT2D eigenvalue weighted by Gasteiger charge is 2.16. The summed E-state index contributed by atoms with van der Waals surface area (Å²) in [6.07, 6.45) is 41.3. The van der Waals surface area contributed by atoms with Crippen molar-refractivity contribution in [2.45, 2.75) is 148 Å². The van der Waals surface area contributed by atoms with Gasteiger partial charge in [0.05, 0.1) is 6.61 Å². The fourth-order valence-corrected chi connectivity index (χ4v) is 4.28. The molecule has 0 aromatic carbocycles. The molecule has 0 aromatic rings. The van der Waals surface area contributed by atoms with Crippen molar-refractivity contribution in [3.63, 3.8) is 0 Å². The number of carbonyl (C=O) groups excluding carboxylic acids is 2. The van der Waals surface area contributed by atoms with Crippen molar-refractivity contribution in [3.05, 3.63) is 60.8 Å². The Morgan fingerprint density at radius 3 is 1.55 bits per heavy atom. The highest BCUT2D eigenvalue weighted by molar-refractivity contribution is 5.70. The molecular weight excluding hydrogens is 524 g/mol. The molecule has 0 radical (unpaired) electrons. The zero-order chi connectivity index (χ0) is 30.8. The number of aliphatic hydroxyl groups is 1. The van der Waals surface area contributed by atoms with E-state index in [-0.39, 0.29) is 25.2 Å². The highest BCUT2D eigenvalue weighted by atomic mass is 16.6. The van der Waals surface area contributed by atoms with Crippen LogP contribution >= 0.6 is 0 Å². The number of carbonyl (C=O) groups is 2. The number of unbranched alkanes of at least 4 members (excludes halogenated alkanes) is 11. The highest BCUT2D eigenvalue weighted by Crippen LogP contribution is 2.11. The lowest BCUT2D eigenvalue weighted by Crippen LogP contribution is -2.28. The lowest BCUT2D eigenvalue weighted by atomic mass is 10.1. The molecule has 1 atom stereocenters. The third-order valence-corrected chi connectivity index (χ3v) is 6.83. The number of rotatable bonds is 29. The zero-order valence-electron chi connectivity index (χ0n) is 27.0. The molecule has 0 heterocycles. The fraction of sp³-hybridized carbons (Fsp3) is 0.676. The van der Waals surface area contributed by atoms with Crippen molar-refractivity contribution in [2.24, 2.45) is 0 Å². The summed E-state index contributed by atoms with van der Waals surface area (Å²) in [5, 5.41) is 9.48. The summed E-state index contributed by atoms with van der Waals surface area (Å²) in [5.74, 6) is -0.638. The molecule has 0 saturated heterocycles. The van der Waals surface area contributed by atoms with Crippen LogP contribution in [-0.2, 0) is 19.1 Å². The second-order valence-corrected chi connectivity index (χ2v) is 10.9. The first kappa shape index (κ1) is 39.6. The van der Waals surface area contributed by atoms with Crippen LogP contribution in [0.15, 0.2) is 60.8 Å². The summed E-state index contributed by atoms with van der Waals surface area (Å²) >= 11 is 0. The molecule has 0 bridgehead atoms. The van der Waals surface area contributed by atoms with Gasteiger partial charge in [0.1, 0.15) is 6.61 Å². The SMILES string of the molecule is CC/C=C/C/C=C/C/C=C/C/C=C/C/C=C/CCCCCC(=O)O[C@@H](CO)COC(=O)CCCCCCCCCCC. The Hall–Kier alpha value is -2.40. The minimum Gasteiger partial charge on any atom is -0.462 e. The minimum absolute atomic E-state index is 0.0808. The van der Waals surface area contributed by atoms with Crippen LogP contribution in [0.5, 0.6) is 0 Å². The van der Waals surface area contributed by atoms with Crippen LogP contribution in [-0.4, -0.2) is 36.4 Å². The predicted molar refractivity (Wildman–Crippen MR) is 177 cm³/mol. The van der Waals surface area contributed by atoms with Crippen molar-refractivity contribution < 1.29 is 24.2 Å². The quantitative estimate of drug-likeness (QED) is 0.0536. The van der Waals surface area contributed by atoms with Gasteiger partial charge in [0.2, 0.25) is 0 Å². The molecule has 0 aliphatic carbocycles. The summed E-state index contributed by atoms with van der Waals surface area (Å²) in [7, 11) is 0. The molecule has 0 spiro atoms. The maximum Gasteiger partial charge on any atom is 0.306 e. The average Bonchev–Trinajstić information content (AvgIpc) is 2.99. The van der Waals surface area contributed by atoms with Gasteiger partial charge in [-0.05, 0) is 57.8 Å². The van der Waals surface area contributed by atoms with Crippen molar-refractivity contribution in [1.82, 2.24) is 0 Å². The number of ether oxygens (including phenoxy) is 2. The number of esters is 2. The number of aliphatic hydroxyl groups excluding tert-OH is 1. The average molecular weight is 587 g/mol. The lowest BCUT2D eigenvalue weighted by molar-refractivity contribution is -0.161. The first-order valence-electron chi connectivity index (χ1n) is 16.8. The van der Waals surface area contributed by atoms with Crippen molar-refractivity contribution in [1.29, 1.82) is 0 Å². The van der Waals surface area contributed by atoms with Crippen LogP contribution in [0.1, 0.15) is 142 Å². The first-order valence-corrected chi connectivity index (χ1v) is 16.8. The van der Waals surface area contributed by atoms with Crippen LogP contribution in [0.2, 0.25) is 0 Å². The lowest BCUT2D eigenvalue weighted by Gasteiger charge is -2.15. The van der Waals surface area contributed by atoms with Gasteiger partial charge < -0.3 is 14.6 Å². The van der Waals surface area contributed by atoms with E-state index in [1.807, 2.05) is 0 Å². The molecule has 0 aliphatic rings. The standard InChI is InChI=1S/C37H62O5/c1-3-5-7-9-11-13-14-15-16-17-18-19-20-21-22-24-26-28-30-32-37(40)42-35(33-38)34-41-36(39)31-29-27-25-23-12-10-8-6-4-2/h5,7,11,13,15-16,18-19,21-22,35,38H,3-4,6,8-10,12,14,17,20,23-34H2,1-2H3/b7-5+,13-11+,16-15+,19-18+,22-21+/t35-/m0/s1. The van der Waals surface area contributed by atoms with Crippen LogP contribution in [0.4, 0.5) is 0 Å². The normalized spacial score (nSPS) is 12.9. The summed E-state index contributed by atoms with van der Waals surface area (Å²) in [6, 6.07) is 0. The van der Waals surface area contributed by atoms with Gasteiger partial charge in [-0.15, -0.1) is 0 Å². The maximum absolute atomic E-state index is 12.1. The van der Waals surface area contributed by atoms with E-state index in [4.69, 9.17) is 9.47 Å². The van der Waals surface area contributed by atoms with Gasteiger partial charge in [-0.3, -0.25) is 9.59 Å². The van der Waals surface area contributed by atoms with E-state index in [0.29, 0.717) is 12.8 Å². The Morgan fingerprint density at radius 1 is 0.571 bits per heavy atom. The van der Waals surface area contributed by atoms with Crippen LogP contribution in [0, 0.1) is 0 Å². The van der Waals surface area contributed by atoms with Crippen molar-refractivity contribution >= 4 is 11.9 Å².